The molecule has 2 saturated carbocycles. The topological polar surface area (TPSA) is 46.5 Å². The van der Waals surface area contributed by atoms with Crippen LogP contribution in [-0.2, 0) is 9.53 Å². The first-order chi connectivity index (χ1) is 20.6. The molecule has 0 amide bonds. The van der Waals surface area contributed by atoms with Gasteiger partial charge in [-0.1, -0.05) is 149 Å². The van der Waals surface area contributed by atoms with Gasteiger partial charge >= 0.3 is 0 Å². The first-order valence-electron chi connectivity index (χ1n) is 16.4. The van der Waals surface area contributed by atoms with Crippen LogP contribution in [0.5, 0.6) is 0 Å². The van der Waals surface area contributed by atoms with E-state index >= 15 is 0 Å². The largest absolute Gasteiger partial charge is 0.393 e. The Morgan fingerprint density at radius 1 is 0.705 bits per heavy atom. The van der Waals surface area contributed by atoms with E-state index in [0.717, 1.165) is 24.8 Å². The third-order valence-electron chi connectivity index (χ3n) is 9.52. The Kier molecular flexibility index (Phi) is 14.5. The van der Waals surface area contributed by atoms with E-state index in [1.165, 1.54) is 16.7 Å². The second-order valence-corrected chi connectivity index (χ2v) is 14.7. The van der Waals surface area contributed by atoms with Crippen molar-refractivity contribution >= 4 is 5.78 Å². The Morgan fingerprint density at radius 3 is 1.61 bits per heavy atom. The van der Waals surface area contributed by atoms with E-state index in [1.54, 1.807) is 7.11 Å². The quantitative estimate of drug-likeness (QED) is 0.240. The van der Waals surface area contributed by atoms with Crippen molar-refractivity contribution in [3.05, 3.63) is 107 Å². The summed E-state index contributed by atoms with van der Waals surface area (Å²) in [5.41, 5.74) is 4.88. The molecule has 1 N–H and O–H groups in total. The summed E-state index contributed by atoms with van der Waals surface area (Å²) in [6, 6.07) is 0. The normalized spacial score (nSPS) is 31.0. The van der Waals surface area contributed by atoms with Crippen LogP contribution in [0.1, 0.15) is 88.5 Å². The Balaban J connectivity index is 1.89. The lowest BCUT2D eigenvalue weighted by molar-refractivity contribution is -0.143. The molecule has 2 aliphatic rings. The van der Waals surface area contributed by atoms with E-state index < -0.39 is 0 Å². The molecule has 0 aromatic carbocycles. The molecular formula is C41H60O3. The summed E-state index contributed by atoms with van der Waals surface area (Å²) in [5, 5.41) is 10.1. The van der Waals surface area contributed by atoms with Crippen LogP contribution < -0.4 is 0 Å². The summed E-state index contributed by atoms with van der Waals surface area (Å²) >= 11 is 0. The number of hydrogen-bond acceptors (Lipinski definition) is 3. The second kappa shape index (κ2) is 17.1. The maximum atomic E-state index is 12.6. The van der Waals surface area contributed by atoms with Crippen LogP contribution in [0.25, 0.3) is 0 Å². The fourth-order valence-electron chi connectivity index (χ4n) is 6.96. The van der Waals surface area contributed by atoms with E-state index in [0.29, 0.717) is 11.8 Å². The molecule has 0 aliphatic heterocycles. The Bertz CT molecular complexity index is 1240. The zero-order chi connectivity index (χ0) is 33.1. The van der Waals surface area contributed by atoms with Gasteiger partial charge in [-0.2, -0.15) is 0 Å². The zero-order valence-corrected chi connectivity index (χ0v) is 29.4. The van der Waals surface area contributed by atoms with E-state index in [1.807, 2.05) is 6.92 Å². The molecule has 0 saturated heterocycles. The number of allylic oxidation sites excluding steroid dienone is 18. The summed E-state index contributed by atoms with van der Waals surface area (Å²) in [6.07, 6.45) is 32.0. The SMILES string of the molecule is CO[C@H]1CC(C)(C)C(/C=C/C(C)=C/C=C/C(C)=C/C=C/C=C(C)/C=C/C=C(C)/C=C/[C@H]2C(C)C[C@@H](O)CC2(C)C)C(C)C1=O. The third kappa shape index (κ3) is 11.6. The predicted octanol–water partition coefficient (Wildman–Crippen LogP) is 10.3. The maximum absolute atomic E-state index is 12.6. The maximum Gasteiger partial charge on any atom is 0.164 e. The average Bonchev–Trinajstić information content (AvgIpc) is 2.91. The van der Waals surface area contributed by atoms with Crippen molar-refractivity contribution in [1.82, 2.24) is 0 Å². The van der Waals surface area contributed by atoms with Crippen LogP contribution in [0.4, 0.5) is 0 Å². The second-order valence-electron chi connectivity index (χ2n) is 14.7. The van der Waals surface area contributed by atoms with Gasteiger partial charge in [0, 0.05) is 13.0 Å². The number of Topliss-reactive ketones (excluding diaryl/α,β-unsaturated/α-hetero) is 1. The number of carbonyl (C=O) groups is 1. The van der Waals surface area contributed by atoms with Gasteiger partial charge in [0.15, 0.2) is 5.78 Å². The minimum Gasteiger partial charge on any atom is -0.393 e. The average molecular weight is 601 g/mol. The van der Waals surface area contributed by atoms with Crippen molar-refractivity contribution in [3.63, 3.8) is 0 Å². The molecule has 3 nitrogen and oxygen atoms in total. The predicted molar refractivity (Wildman–Crippen MR) is 189 cm³/mol. The smallest absolute Gasteiger partial charge is 0.164 e. The number of aliphatic hydroxyl groups excluding tert-OH is 1. The van der Waals surface area contributed by atoms with Crippen molar-refractivity contribution in [2.45, 2.75) is 101 Å². The molecule has 0 aromatic heterocycles. The molecule has 3 heteroatoms. The minimum absolute atomic E-state index is 0.0131. The number of hydrogen-bond donors (Lipinski definition) is 1. The molecule has 242 valence electrons. The van der Waals surface area contributed by atoms with Crippen molar-refractivity contribution in [1.29, 1.82) is 0 Å². The highest BCUT2D eigenvalue weighted by Gasteiger charge is 2.45. The van der Waals surface area contributed by atoms with E-state index in [9.17, 15) is 9.90 Å². The van der Waals surface area contributed by atoms with Crippen LogP contribution in [0, 0.1) is 34.5 Å². The molecule has 0 bridgehead atoms. The minimum atomic E-state index is -0.288. The number of ether oxygens (including phenoxy) is 1. The summed E-state index contributed by atoms with van der Waals surface area (Å²) < 4.78 is 5.44. The Labute approximate surface area is 269 Å². The lowest BCUT2D eigenvalue weighted by Crippen LogP contribution is -2.46. The highest BCUT2D eigenvalue weighted by atomic mass is 16.5. The Morgan fingerprint density at radius 2 is 1.14 bits per heavy atom. The van der Waals surface area contributed by atoms with Gasteiger partial charge in [-0.05, 0) is 75.5 Å². The van der Waals surface area contributed by atoms with E-state index in [-0.39, 0.29) is 40.7 Å². The first-order valence-corrected chi connectivity index (χ1v) is 16.4. The summed E-state index contributed by atoms with van der Waals surface area (Å²) in [4.78, 5) is 12.6. The number of rotatable bonds is 11. The first kappa shape index (κ1) is 37.4. The lowest BCUT2D eigenvalue weighted by atomic mass is 9.62. The van der Waals surface area contributed by atoms with Gasteiger partial charge in [0.25, 0.3) is 0 Å². The number of carbonyl (C=O) groups excluding carboxylic acids is 1. The standard InChI is InChI=1S/C41H60O3/c1-29(18-14-20-31(3)22-24-36-33(5)26-35(42)27-40(36,7)8)16-12-13-17-30(2)19-15-21-32(4)23-25-37-34(6)39(43)38(44-11)28-41(37,9)10/h12-25,33-38,42H,26-28H2,1-11H3/b13-12+,18-14+,19-15+,24-22+,25-23+,29-16+,30-17+,31-20+,32-21+/t33?,34?,35-,36+,37?,38+/m1/s1. The fourth-order valence-corrected chi connectivity index (χ4v) is 6.96. The molecule has 0 spiro atoms. The molecule has 0 heterocycles. The summed E-state index contributed by atoms with van der Waals surface area (Å²) in [7, 11) is 1.63. The highest BCUT2D eigenvalue weighted by Crippen LogP contribution is 2.45. The van der Waals surface area contributed by atoms with Gasteiger partial charge in [-0.25, -0.2) is 0 Å². The fraction of sp³-hybridized carbons (Fsp3) is 0.537. The lowest BCUT2D eigenvalue weighted by Gasteiger charge is -2.43. The van der Waals surface area contributed by atoms with Gasteiger partial charge in [0.2, 0.25) is 0 Å². The van der Waals surface area contributed by atoms with Crippen LogP contribution in [-0.4, -0.2) is 30.2 Å². The van der Waals surface area contributed by atoms with Crippen LogP contribution in [0.2, 0.25) is 0 Å². The van der Waals surface area contributed by atoms with Crippen LogP contribution in [0.15, 0.2) is 107 Å². The van der Waals surface area contributed by atoms with Crippen molar-refractivity contribution in [3.8, 4) is 0 Å². The summed E-state index contributed by atoms with van der Waals surface area (Å²) in [5.74, 6) is 1.33. The van der Waals surface area contributed by atoms with Crippen molar-refractivity contribution in [2.24, 2.45) is 34.5 Å². The Hall–Kier alpha value is -2.75. The number of methoxy groups -OCH3 is 1. The van der Waals surface area contributed by atoms with E-state index in [2.05, 4.69) is 147 Å². The van der Waals surface area contributed by atoms with Crippen molar-refractivity contribution in [2.75, 3.05) is 7.11 Å². The zero-order valence-electron chi connectivity index (χ0n) is 29.4. The molecule has 2 rings (SSSR count). The van der Waals surface area contributed by atoms with Crippen molar-refractivity contribution < 1.29 is 14.6 Å². The monoisotopic (exact) mass is 600 g/mol. The molecule has 44 heavy (non-hydrogen) atoms. The third-order valence-corrected chi connectivity index (χ3v) is 9.52. The molecule has 3 unspecified atom stereocenters. The molecule has 2 fully saturated rings. The van der Waals surface area contributed by atoms with Gasteiger partial charge in [-0.3, -0.25) is 4.79 Å². The number of ketones is 1. The molecule has 0 radical (unpaired) electrons. The molecule has 2 aliphatic carbocycles. The summed E-state index contributed by atoms with van der Waals surface area (Å²) in [6.45, 7) is 21.7. The van der Waals surface area contributed by atoms with Gasteiger partial charge < -0.3 is 9.84 Å². The highest BCUT2D eigenvalue weighted by molar-refractivity contribution is 5.86. The van der Waals surface area contributed by atoms with Gasteiger partial charge in [0.05, 0.1) is 6.10 Å². The van der Waals surface area contributed by atoms with Crippen LogP contribution in [0.3, 0.4) is 0 Å². The molecule has 0 aromatic rings. The van der Waals surface area contributed by atoms with Gasteiger partial charge in [-0.15, -0.1) is 0 Å². The number of aliphatic hydroxyl groups is 1. The molecule has 6 atom stereocenters. The van der Waals surface area contributed by atoms with E-state index in [4.69, 9.17) is 4.74 Å². The van der Waals surface area contributed by atoms with Crippen LogP contribution >= 0.6 is 0 Å². The van der Waals surface area contributed by atoms with Gasteiger partial charge in [0.1, 0.15) is 6.10 Å². The molecular weight excluding hydrogens is 540 g/mol.